The lowest BCUT2D eigenvalue weighted by molar-refractivity contribution is 0.354. The lowest BCUT2D eigenvalue weighted by Gasteiger charge is -2.10. The van der Waals surface area contributed by atoms with Crippen LogP contribution < -0.4 is 9.47 Å². The van der Waals surface area contributed by atoms with Gasteiger partial charge in [0.05, 0.1) is 25.9 Å². The molecule has 0 aliphatic rings. The van der Waals surface area contributed by atoms with Gasteiger partial charge in [0, 0.05) is 5.56 Å². The molecular formula is C17H14FNO2. The monoisotopic (exact) mass is 283 g/mol. The van der Waals surface area contributed by atoms with Gasteiger partial charge in [0.25, 0.3) is 0 Å². The molecule has 0 N–H and O–H groups in total. The third-order valence-electron chi connectivity index (χ3n) is 2.99. The Morgan fingerprint density at radius 2 is 1.90 bits per heavy atom. The van der Waals surface area contributed by atoms with Gasteiger partial charge >= 0.3 is 0 Å². The fourth-order valence-electron chi connectivity index (χ4n) is 2.02. The van der Waals surface area contributed by atoms with Gasteiger partial charge in [0.2, 0.25) is 0 Å². The number of methoxy groups -OCH3 is 2. The summed E-state index contributed by atoms with van der Waals surface area (Å²) in [6.07, 6.45) is 1.65. The van der Waals surface area contributed by atoms with Gasteiger partial charge in [-0.2, -0.15) is 5.26 Å². The van der Waals surface area contributed by atoms with Crippen LogP contribution in [0.25, 0.3) is 11.6 Å². The highest BCUT2D eigenvalue weighted by atomic mass is 19.1. The summed E-state index contributed by atoms with van der Waals surface area (Å²) in [6.45, 7) is 0. The normalized spacial score (nSPS) is 10.9. The minimum atomic E-state index is -0.383. The second-order valence-corrected chi connectivity index (χ2v) is 4.26. The van der Waals surface area contributed by atoms with Crippen molar-refractivity contribution in [2.75, 3.05) is 14.2 Å². The molecule has 0 radical (unpaired) electrons. The molecule has 0 saturated carbocycles. The van der Waals surface area contributed by atoms with Crippen LogP contribution in [0.15, 0.2) is 42.5 Å². The highest BCUT2D eigenvalue weighted by molar-refractivity contribution is 5.91. The van der Waals surface area contributed by atoms with Crippen LogP contribution in [-0.4, -0.2) is 14.2 Å². The standard InChI is InChI=1S/C17H14FNO2/c1-20-16-8-4-6-13(17(16)21-2)9-14(11-19)12-5-3-7-15(18)10-12/h3-10H,1-2H3/b14-9-. The molecule has 106 valence electrons. The molecule has 2 aromatic carbocycles. The smallest absolute Gasteiger partial charge is 0.167 e. The minimum absolute atomic E-state index is 0.348. The highest BCUT2D eigenvalue weighted by Crippen LogP contribution is 2.33. The van der Waals surface area contributed by atoms with E-state index in [1.54, 1.807) is 43.5 Å². The maximum atomic E-state index is 13.3. The van der Waals surface area contributed by atoms with Crippen LogP contribution in [0, 0.1) is 17.1 Å². The largest absolute Gasteiger partial charge is 0.493 e. The zero-order chi connectivity index (χ0) is 15.2. The average molecular weight is 283 g/mol. The molecule has 21 heavy (non-hydrogen) atoms. The summed E-state index contributed by atoms with van der Waals surface area (Å²) < 4.78 is 23.8. The van der Waals surface area contributed by atoms with Crippen molar-refractivity contribution in [3.63, 3.8) is 0 Å². The lowest BCUT2D eigenvalue weighted by Crippen LogP contribution is -1.93. The molecule has 0 bridgehead atoms. The number of para-hydroxylation sites is 1. The van der Waals surface area contributed by atoms with E-state index in [9.17, 15) is 9.65 Å². The molecule has 0 spiro atoms. The number of hydrogen-bond acceptors (Lipinski definition) is 3. The summed E-state index contributed by atoms with van der Waals surface area (Å²) in [7, 11) is 3.08. The Labute approximate surface area is 122 Å². The fraction of sp³-hybridized carbons (Fsp3) is 0.118. The minimum Gasteiger partial charge on any atom is -0.493 e. The van der Waals surface area contributed by atoms with Crippen LogP contribution >= 0.6 is 0 Å². The molecule has 3 nitrogen and oxygen atoms in total. The highest BCUT2D eigenvalue weighted by Gasteiger charge is 2.09. The number of benzene rings is 2. The van der Waals surface area contributed by atoms with Gasteiger partial charge in [-0.1, -0.05) is 24.3 Å². The molecule has 2 rings (SSSR count). The molecular weight excluding hydrogens is 269 g/mol. The number of nitriles is 1. The Morgan fingerprint density at radius 3 is 2.52 bits per heavy atom. The van der Waals surface area contributed by atoms with E-state index in [1.165, 1.54) is 19.2 Å². The van der Waals surface area contributed by atoms with Gasteiger partial charge in [0.1, 0.15) is 5.82 Å². The van der Waals surface area contributed by atoms with Crippen molar-refractivity contribution in [3.05, 3.63) is 59.4 Å². The molecule has 0 atom stereocenters. The topological polar surface area (TPSA) is 42.2 Å². The molecule has 4 heteroatoms. The Balaban J connectivity index is 2.53. The van der Waals surface area contributed by atoms with Crippen molar-refractivity contribution in [1.29, 1.82) is 5.26 Å². The van der Waals surface area contributed by atoms with E-state index in [2.05, 4.69) is 6.07 Å². The van der Waals surface area contributed by atoms with Gasteiger partial charge in [0.15, 0.2) is 11.5 Å². The van der Waals surface area contributed by atoms with Crippen molar-refractivity contribution in [1.82, 2.24) is 0 Å². The van der Waals surface area contributed by atoms with Crippen molar-refractivity contribution >= 4 is 11.6 Å². The summed E-state index contributed by atoms with van der Waals surface area (Å²) in [5, 5.41) is 9.31. The van der Waals surface area contributed by atoms with E-state index < -0.39 is 0 Å². The first-order valence-electron chi connectivity index (χ1n) is 6.28. The maximum absolute atomic E-state index is 13.3. The van der Waals surface area contributed by atoms with E-state index in [1.807, 2.05) is 0 Å². The molecule has 0 aliphatic carbocycles. The first kappa shape index (κ1) is 14.6. The van der Waals surface area contributed by atoms with E-state index >= 15 is 0 Å². The zero-order valence-corrected chi connectivity index (χ0v) is 11.8. The maximum Gasteiger partial charge on any atom is 0.167 e. The van der Waals surface area contributed by atoms with Crippen molar-refractivity contribution < 1.29 is 13.9 Å². The Kier molecular flexibility index (Phi) is 4.57. The lowest BCUT2D eigenvalue weighted by atomic mass is 10.0. The number of ether oxygens (including phenoxy) is 2. The summed E-state index contributed by atoms with van der Waals surface area (Å²) >= 11 is 0. The Hall–Kier alpha value is -2.80. The predicted molar refractivity (Wildman–Crippen MR) is 79.4 cm³/mol. The summed E-state index contributed by atoms with van der Waals surface area (Å²) in [6, 6.07) is 13.4. The molecule has 0 aliphatic heterocycles. The van der Waals surface area contributed by atoms with Crippen LogP contribution in [0.4, 0.5) is 4.39 Å². The second-order valence-electron chi connectivity index (χ2n) is 4.26. The Morgan fingerprint density at radius 1 is 1.14 bits per heavy atom. The number of hydrogen-bond donors (Lipinski definition) is 0. The number of halogens is 1. The van der Waals surface area contributed by atoms with Crippen LogP contribution in [-0.2, 0) is 0 Å². The Bertz CT molecular complexity index is 717. The number of rotatable bonds is 4. The van der Waals surface area contributed by atoms with Gasteiger partial charge in [-0.05, 0) is 29.8 Å². The number of nitrogens with zero attached hydrogens (tertiary/aromatic N) is 1. The molecule has 0 saturated heterocycles. The van der Waals surface area contributed by atoms with Crippen molar-refractivity contribution in [2.45, 2.75) is 0 Å². The number of allylic oxidation sites excluding steroid dienone is 1. The molecule has 0 fully saturated rings. The van der Waals surface area contributed by atoms with Crippen molar-refractivity contribution in [3.8, 4) is 17.6 Å². The zero-order valence-electron chi connectivity index (χ0n) is 11.8. The quantitative estimate of drug-likeness (QED) is 0.631. The SMILES string of the molecule is COc1cccc(/C=C(/C#N)c2cccc(F)c2)c1OC. The van der Waals surface area contributed by atoms with Crippen molar-refractivity contribution in [2.24, 2.45) is 0 Å². The molecule has 0 heterocycles. The third kappa shape index (κ3) is 3.21. The van der Waals surface area contributed by atoms with E-state index in [0.717, 1.165) is 0 Å². The summed E-state index contributed by atoms with van der Waals surface area (Å²) in [4.78, 5) is 0. The van der Waals surface area contributed by atoms with Gasteiger partial charge in [-0.25, -0.2) is 4.39 Å². The van der Waals surface area contributed by atoms with Crippen LogP contribution in [0.5, 0.6) is 11.5 Å². The predicted octanol–water partition coefficient (Wildman–Crippen LogP) is 3.91. The van der Waals surface area contributed by atoms with E-state index in [0.29, 0.717) is 28.2 Å². The fourth-order valence-corrected chi connectivity index (χ4v) is 2.02. The van der Waals surface area contributed by atoms with E-state index in [4.69, 9.17) is 9.47 Å². The molecule has 0 unspecified atom stereocenters. The average Bonchev–Trinajstić information content (AvgIpc) is 2.52. The molecule has 2 aromatic rings. The molecule has 0 amide bonds. The van der Waals surface area contributed by atoms with Gasteiger partial charge in [-0.15, -0.1) is 0 Å². The van der Waals surface area contributed by atoms with Gasteiger partial charge in [-0.3, -0.25) is 0 Å². The van der Waals surface area contributed by atoms with Crippen LogP contribution in [0.2, 0.25) is 0 Å². The second kappa shape index (κ2) is 6.58. The van der Waals surface area contributed by atoms with Crippen LogP contribution in [0.3, 0.4) is 0 Å². The first-order valence-corrected chi connectivity index (χ1v) is 6.28. The van der Waals surface area contributed by atoms with Crippen LogP contribution in [0.1, 0.15) is 11.1 Å². The molecule has 0 aromatic heterocycles. The summed E-state index contributed by atoms with van der Waals surface area (Å²) in [5.41, 5.74) is 1.56. The summed E-state index contributed by atoms with van der Waals surface area (Å²) in [5.74, 6) is 0.721. The van der Waals surface area contributed by atoms with E-state index in [-0.39, 0.29) is 5.82 Å². The third-order valence-corrected chi connectivity index (χ3v) is 2.99. The first-order chi connectivity index (χ1) is 10.2. The van der Waals surface area contributed by atoms with Gasteiger partial charge < -0.3 is 9.47 Å².